The Morgan fingerprint density at radius 3 is 1.80 bits per heavy atom. The number of imidazole rings is 1. The zero-order valence-corrected chi connectivity index (χ0v) is 35.8. The highest BCUT2D eigenvalue weighted by Crippen LogP contribution is 2.23. The lowest BCUT2D eigenvalue weighted by molar-refractivity contribution is -0.193. The smallest absolute Gasteiger partial charge is 0.480 e. The Morgan fingerprint density at radius 2 is 1.28 bits per heavy atom. The fraction of sp³-hybridized carbons (Fsp3) is 0.364. The number of nitrogens with one attached hydrogen (secondary N) is 2. The van der Waals surface area contributed by atoms with Crippen molar-refractivity contribution in [2.75, 3.05) is 25.1 Å². The van der Waals surface area contributed by atoms with E-state index >= 15 is 0 Å². The van der Waals surface area contributed by atoms with E-state index in [2.05, 4.69) is 78.0 Å². The number of amides is 2. The second-order valence-corrected chi connectivity index (χ2v) is 15.5. The van der Waals surface area contributed by atoms with Gasteiger partial charge in [0.15, 0.2) is 0 Å². The second-order valence-electron chi connectivity index (χ2n) is 14.5. The van der Waals surface area contributed by atoms with Gasteiger partial charge in [0, 0.05) is 37.6 Å². The van der Waals surface area contributed by atoms with Crippen LogP contribution in [0.15, 0.2) is 97.5 Å². The Morgan fingerprint density at radius 1 is 0.766 bits per heavy atom. The number of rotatable bonds is 18. The summed E-state index contributed by atoms with van der Waals surface area (Å²) in [4.78, 5) is 63.2. The first-order chi connectivity index (χ1) is 30.1. The molecule has 0 aliphatic heterocycles. The SMILES string of the molecule is CC[C@H](C)[C@@H](CN(CC(=O)N[C@@H](CCSC)C(=O)O)Cc1cccc2ccccc12)NC(=O)Cc1cncn1Cc1cccc2ccccc12.O=C(O)C(F)(F)F.O=C(O)C(F)(F)F. The van der Waals surface area contributed by atoms with Crippen molar-refractivity contribution in [1.29, 1.82) is 0 Å². The first-order valence-corrected chi connectivity index (χ1v) is 21.1. The molecule has 3 atom stereocenters. The molecular weight excluding hydrogens is 873 g/mol. The van der Waals surface area contributed by atoms with E-state index in [4.69, 9.17) is 19.8 Å². The number of alkyl halides is 6. The molecule has 1 heterocycles. The summed E-state index contributed by atoms with van der Waals surface area (Å²) in [6, 6.07) is 27.6. The standard InChI is InChI=1S/C40H47N5O4S.2C2HF3O2/c1-4-28(2)37(43-38(46)21-33-22-41-27-45(33)24-32-16-10-14-30-12-6-8-18-35(30)32)25-44(26-39(47)42-36(40(48)49)19-20-50-3)23-31-15-9-13-29-11-5-7-17-34(29)31;2*3-2(4,5)1(6)7/h5-18,22,27-28,36-37H,4,19-21,23-26H2,1-3H3,(H,42,47)(H,43,46)(H,48,49);2*(H,6,7)/t28-,36-,37+;;/m0../s1. The molecule has 5 aromatic rings. The zero-order chi connectivity index (χ0) is 47.6. The van der Waals surface area contributed by atoms with Gasteiger partial charge >= 0.3 is 30.3 Å². The molecule has 1 aromatic heterocycles. The molecule has 0 bridgehead atoms. The number of fused-ring (bicyclic) bond motifs is 2. The van der Waals surface area contributed by atoms with E-state index in [9.17, 15) is 45.8 Å². The number of aliphatic carboxylic acids is 3. The molecule has 0 unspecified atom stereocenters. The molecule has 13 nitrogen and oxygen atoms in total. The van der Waals surface area contributed by atoms with Crippen molar-refractivity contribution in [2.45, 2.75) is 70.6 Å². The molecule has 0 fully saturated rings. The van der Waals surface area contributed by atoms with Crippen molar-refractivity contribution in [1.82, 2.24) is 25.1 Å². The maximum Gasteiger partial charge on any atom is 0.490 e. The predicted octanol–water partition coefficient (Wildman–Crippen LogP) is 7.40. The largest absolute Gasteiger partial charge is 0.490 e. The third-order valence-corrected chi connectivity index (χ3v) is 10.5. The van der Waals surface area contributed by atoms with Gasteiger partial charge in [0.2, 0.25) is 11.8 Å². The zero-order valence-electron chi connectivity index (χ0n) is 35.0. The van der Waals surface area contributed by atoms with Gasteiger partial charge < -0.3 is 30.5 Å². The van der Waals surface area contributed by atoms with Gasteiger partial charge in [-0.15, -0.1) is 0 Å². The quantitative estimate of drug-likeness (QED) is 0.0551. The van der Waals surface area contributed by atoms with E-state index in [1.165, 1.54) is 10.8 Å². The van der Waals surface area contributed by atoms with Crippen molar-refractivity contribution in [2.24, 2.45) is 5.92 Å². The number of thioether (sulfide) groups is 1. The van der Waals surface area contributed by atoms with Crippen LogP contribution in [0.3, 0.4) is 0 Å². The summed E-state index contributed by atoms with van der Waals surface area (Å²) in [5.74, 6) is -6.29. The van der Waals surface area contributed by atoms with Crippen molar-refractivity contribution in [3.05, 3.63) is 114 Å². The van der Waals surface area contributed by atoms with Gasteiger partial charge in [-0.05, 0) is 57.0 Å². The highest BCUT2D eigenvalue weighted by Gasteiger charge is 2.39. The van der Waals surface area contributed by atoms with Crippen LogP contribution in [0.25, 0.3) is 21.5 Å². The summed E-state index contributed by atoms with van der Waals surface area (Å²) in [5, 5.41) is 34.6. The maximum absolute atomic E-state index is 13.7. The summed E-state index contributed by atoms with van der Waals surface area (Å²) in [6.45, 7) is 5.66. The summed E-state index contributed by atoms with van der Waals surface area (Å²) in [6.07, 6.45) is -3.41. The third kappa shape index (κ3) is 16.9. The van der Waals surface area contributed by atoms with Crippen molar-refractivity contribution >= 4 is 63.0 Å². The van der Waals surface area contributed by atoms with Crippen LogP contribution in [0.4, 0.5) is 26.3 Å². The van der Waals surface area contributed by atoms with Gasteiger partial charge in [-0.1, -0.05) is 105 Å². The van der Waals surface area contributed by atoms with Crippen LogP contribution in [0.2, 0.25) is 0 Å². The van der Waals surface area contributed by atoms with E-state index in [1.54, 1.807) is 24.3 Å². The number of nitrogens with zero attached hydrogens (tertiary/aromatic N) is 3. The molecule has 5 rings (SSSR count). The normalized spacial score (nSPS) is 12.8. The Hall–Kier alpha value is -6.15. The average molecular weight is 922 g/mol. The Labute approximate surface area is 368 Å². The highest BCUT2D eigenvalue weighted by atomic mass is 32.2. The molecule has 0 radical (unpaired) electrons. The molecule has 0 aliphatic carbocycles. The van der Waals surface area contributed by atoms with Crippen LogP contribution in [-0.4, -0.2) is 109 Å². The number of hydrogen-bond donors (Lipinski definition) is 5. The van der Waals surface area contributed by atoms with E-state index < -0.39 is 36.3 Å². The van der Waals surface area contributed by atoms with Crippen LogP contribution < -0.4 is 10.6 Å². The number of halogens is 6. The number of carbonyl (C=O) groups is 5. The van der Waals surface area contributed by atoms with E-state index in [0.717, 1.165) is 34.0 Å². The number of carboxylic acid groups (broad SMARTS) is 3. The Bertz CT molecular complexity index is 2310. The highest BCUT2D eigenvalue weighted by molar-refractivity contribution is 7.98. The minimum Gasteiger partial charge on any atom is -0.480 e. The van der Waals surface area contributed by atoms with Gasteiger partial charge in [0.1, 0.15) is 6.04 Å². The molecular formula is C44H49F6N5O8S. The van der Waals surface area contributed by atoms with Gasteiger partial charge in [-0.3, -0.25) is 14.5 Å². The van der Waals surface area contributed by atoms with E-state index in [0.29, 0.717) is 31.8 Å². The summed E-state index contributed by atoms with van der Waals surface area (Å²) < 4.78 is 65.5. The molecule has 64 heavy (non-hydrogen) atoms. The fourth-order valence-corrected chi connectivity index (χ4v) is 6.87. The number of carbonyl (C=O) groups excluding carboxylic acids is 2. The summed E-state index contributed by atoms with van der Waals surface area (Å²) in [5.41, 5.74) is 3.02. The first kappa shape index (κ1) is 52.2. The van der Waals surface area contributed by atoms with Crippen molar-refractivity contribution in [3.8, 4) is 0 Å². The van der Waals surface area contributed by atoms with E-state index in [1.807, 2.05) is 52.1 Å². The number of hydrogen-bond acceptors (Lipinski definition) is 8. The first-order valence-electron chi connectivity index (χ1n) is 19.7. The number of carboxylic acids is 3. The van der Waals surface area contributed by atoms with Crippen molar-refractivity contribution < 1.29 is 65.6 Å². The Balaban J connectivity index is 0.000000671. The van der Waals surface area contributed by atoms with Gasteiger partial charge in [-0.2, -0.15) is 38.1 Å². The van der Waals surface area contributed by atoms with E-state index in [-0.39, 0.29) is 36.7 Å². The van der Waals surface area contributed by atoms with Crippen LogP contribution in [-0.2, 0) is 43.5 Å². The van der Waals surface area contributed by atoms with Crippen LogP contribution in [0.5, 0.6) is 0 Å². The fourth-order valence-electron chi connectivity index (χ4n) is 6.40. The number of benzene rings is 4. The lowest BCUT2D eigenvalue weighted by Gasteiger charge is -2.31. The molecule has 0 spiro atoms. The average Bonchev–Trinajstić information content (AvgIpc) is 3.67. The molecule has 0 aliphatic rings. The second kappa shape index (κ2) is 24.6. The number of aromatic nitrogens is 2. The summed E-state index contributed by atoms with van der Waals surface area (Å²) in [7, 11) is 0. The predicted molar refractivity (Wildman–Crippen MR) is 230 cm³/mol. The lowest BCUT2D eigenvalue weighted by atomic mass is 9.97. The van der Waals surface area contributed by atoms with Gasteiger partial charge in [0.25, 0.3) is 0 Å². The molecule has 2 amide bonds. The molecule has 5 N–H and O–H groups in total. The van der Waals surface area contributed by atoms with Crippen LogP contribution >= 0.6 is 11.8 Å². The molecule has 0 saturated heterocycles. The van der Waals surface area contributed by atoms with Gasteiger partial charge in [-0.25, -0.2) is 19.4 Å². The minimum atomic E-state index is -5.08. The maximum atomic E-state index is 13.7. The molecule has 20 heteroatoms. The minimum absolute atomic E-state index is 0.00707. The molecule has 0 saturated carbocycles. The lowest BCUT2D eigenvalue weighted by Crippen LogP contribution is -2.51. The Kier molecular flexibility index (Phi) is 20.1. The summed E-state index contributed by atoms with van der Waals surface area (Å²) >= 11 is 1.54. The molecule has 346 valence electrons. The third-order valence-electron chi connectivity index (χ3n) is 9.86. The topological polar surface area (TPSA) is 191 Å². The van der Waals surface area contributed by atoms with Gasteiger partial charge in [0.05, 0.1) is 19.3 Å². The van der Waals surface area contributed by atoms with Crippen LogP contribution in [0, 0.1) is 5.92 Å². The van der Waals surface area contributed by atoms with Crippen molar-refractivity contribution in [3.63, 3.8) is 0 Å². The van der Waals surface area contributed by atoms with Crippen LogP contribution in [0.1, 0.15) is 43.5 Å². The molecule has 4 aromatic carbocycles. The monoisotopic (exact) mass is 921 g/mol.